The third-order valence-electron chi connectivity index (χ3n) is 7.69. The molecule has 6 nitrogen and oxygen atoms in total. The van der Waals surface area contributed by atoms with Crippen LogP contribution in [0, 0.1) is 6.92 Å². The fourth-order valence-corrected chi connectivity index (χ4v) is 5.05. The van der Waals surface area contributed by atoms with E-state index in [0.29, 0.717) is 24.2 Å². The molecule has 4 aromatic rings. The number of hydrogen-bond donors (Lipinski definition) is 2. The first kappa shape index (κ1) is 28.9. The van der Waals surface area contributed by atoms with Gasteiger partial charge in [0.1, 0.15) is 5.75 Å². The van der Waals surface area contributed by atoms with E-state index in [1.807, 2.05) is 50.4 Å². The summed E-state index contributed by atoms with van der Waals surface area (Å²) in [5.74, 6) is -0.527. The van der Waals surface area contributed by atoms with E-state index in [0.717, 1.165) is 27.7 Å². The van der Waals surface area contributed by atoms with Crippen molar-refractivity contribution in [1.29, 1.82) is 0 Å². The molecule has 2 atom stereocenters. The second kappa shape index (κ2) is 11.6. The highest BCUT2D eigenvalue weighted by Gasteiger charge is 2.20. The molecule has 1 aromatic heterocycles. The van der Waals surface area contributed by atoms with Gasteiger partial charge in [0.05, 0.1) is 6.04 Å². The summed E-state index contributed by atoms with van der Waals surface area (Å²) in [6, 6.07) is 21.7. The largest absolute Gasteiger partial charge is 0.479 e. The number of fused-ring (bicyclic) bond motifs is 1. The van der Waals surface area contributed by atoms with Gasteiger partial charge < -0.3 is 19.7 Å². The Morgan fingerprint density at radius 1 is 1.02 bits per heavy atom. The lowest BCUT2D eigenvalue weighted by Gasteiger charge is -2.22. The fraction of sp³-hybridized carbons (Fsp3) is 0.353. The Kier molecular flexibility index (Phi) is 8.38. The maximum Gasteiger partial charge on any atom is 0.344 e. The van der Waals surface area contributed by atoms with E-state index in [4.69, 9.17) is 4.74 Å². The van der Waals surface area contributed by atoms with Crippen molar-refractivity contribution in [3.05, 3.63) is 100 Å². The third kappa shape index (κ3) is 6.22. The van der Waals surface area contributed by atoms with E-state index in [1.165, 1.54) is 11.1 Å². The minimum atomic E-state index is -0.967. The molecule has 6 heteroatoms. The minimum absolute atomic E-state index is 0.0393. The number of carboxylic acid groups (broad SMARTS) is 1. The SMILES string of the molecule is CCC(Oc1cccc(Cc2c(C)n(C)c3cc(C(=O)N[C@@H](C)c4cccc(C(C)(C)C)c4)ccc23)c1)C(=O)O. The second-order valence-corrected chi connectivity index (χ2v) is 11.6. The van der Waals surface area contributed by atoms with Crippen LogP contribution in [0.3, 0.4) is 0 Å². The van der Waals surface area contributed by atoms with Gasteiger partial charge >= 0.3 is 5.97 Å². The third-order valence-corrected chi connectivity index (χ3v) is 7.69. The Bertz CT molecular complexity index is 1540. The number of carbonyl (C=O) groups is 2. The van der Waals surface area contributed by atoms with Crippen LogP contribution in [0.25, 0.3) is 10.9 Å². The van der Waals surface area contributed by atoms with Gasteiger partial charge in [0.15, 0.2) is 6.10 Å². The molecule has 3 aromatic carbocycles. The Balaban J connectivity index is 1.56. The first-order valence-electron chi connectivity index (χ1n) is 13.9. The molecule has 1 amide bonds. The van der Waals surface area contributed by atoms with Crippen LogP contribution in [0.15, 0.2) is 66.7 Å². The van der Waals surface area contributed by atoms with Crippen molar-refractivity contribution in [2.75, 3.05) is 0 Å². The molecule has 40 heavy (non-hydrogen) atoms. The lowest BCUT2D eigenvalue weighted by molar-refractivity contribution is -0.145. The summed E-state index contributed by atoms with van der Waals surface area (Å²) in [5, 5.41) is 13.6. The van der Waals surface area contributed by atoms with Crippen LogP contribution < -0.4 is 10.1 Å². The number of hydrogen-bond acceptors (Lipinski definition) is 3. The summed E-state index contributed by atoms with van der Waals surface area (Å²) in [7, 11) is 2.02. The normalized spacial score (nSPS) is 13.2. The van der Waals surface area contributed by atoms with Crippen LogP contribution in [-0.4, -0.2) is 27.7 Å². The standard InChI is InChI=1S/C34H40N2O4/c1-8-31(33(38)39)40-27-14-9-11-23(17-27)18-29-22(3)36(7)30-20-25(15-16-28(29)30)32(37)35-21(2)24-12-10-13-26(19-24)34(4,5)6/h9-17,19-21,31H,8,18H2,1-7H3,(H,35,37)(H,38,39)/t21-,31?/m0/s1. The maximum absolute atomic E-state index is 13.3. The molecule has 4 rings (SSSR count). The van der Waals surface area contributed by atoms with Crippen LogP contribution in [0.2, 0.25) is 0 Å². The van der Waals surface area contributed by atoms with Gasteiger partial charge in [0.25, 0.3) is 5.91 Å². The van der Waals surface area contributed by atoms with Gasteiger partial charge in [0.2, 0.25) is 0 Å². The van der Waals surface area contributed by atoms with E-state index >= 15 is 0 Å². The summed E-state index contributed by atoms with van der Waals surface area (Å²) in [6.45, 7) is 12.4. The van der Waals surface area contributed by atoms with Gasteiger partial charge in [-0.25, -0.2) is 4.79 Å². The molecule has 0 aliphatic rings. The number of benzene rings is 3. The van der Waals surface area contributed by atoms with Crippen molar-refractivity contribution >= 4 is 22.8 Å². The molecule has 0 radical (unpaired) electrons. The first-order valence-corrected chi connectivity index (χ1v) is 13.9. The van der Waals surface area contributed by atoms with Crippen LogP contribution in [0.4, 0.5) is 0 Å². The monoisotopic (exact) mass is 540 g/mol. The molecule has 2 N–H and O–H groups in total. The predicted octanol–water partition coefficient (Wildman–Crippen LogP) is 7.11. The van der Waals surface area contributed by atoms with Crippen molar-refractivity contribution in [3.8, 4) is 5.75 Å². The van der Waals surface area contributed by atoms with Crippen LogP contribution in [0.5, 0.6) is 5.75 Å². The Morgan fingerprint density at radius 2 is 1.75 bits per heavy atom. The van der Waals surface area contributed by atoms with Gasteiger partial charge in [0, 0.05) is 29.2 Å². The zero-order valence-electron chi connectivity index (χ0n) is 24.5. The number of amides is 1. The fourth-order valence-electron chi connectivity index (χ4n) is 5.05. The van der Waals surface area contributed by atoms with E-state index in [-0.39, 0.29) is 17.4 Å². The quantitative estimate of drug-likeness (QED) is 0.237. The highest BCUT2D eigenvalue weighted by Crippen LogP contribution is 2.30. The molecule has 0 saturated carbocycles. The molecule has 0 aliphatic heterocycles. The van der Waals surface area contributed by atoms with Crippen LogP contribution in [-0.2, 0) is 23.7 Å². The van der Waals surface area contributed by atoms with Crippen molar-refractivity contribution in [1.82, 2.24) is 9.88 Å². The lowest BCUT2D eigenvalue weighted by atomic mass is 9.85. The smallest absolute Gasteiger partial charge is 0.344 e. The van der Waals surface area contributed by atoms with Crippen molar-refractivity contribution in [2.45, 2.75) is 71.9 Å². The van der Waals surface area contributed by atoms with Crippen LogP contribution in [0.1, 0.15) is 85.4 Å². The van der Waals surface area contributed by atoms with E-state index in [2.05, 4.69) is 61.8 Å². The molecule has 0 fully saturated rings. The molecular formula is C34H40N2O4. The number of rotatable bonds is 9. The molecule has 0 spiro atoms. The second-order valence-electron chi connectivity index (χ2n) is 11.6. The van der Waals surface area contributed by atoms with Crippen molar-refractivity contribution < 1.29 is 19.4 Å². The average Bonchev–Trinajstić information content (AvgIpc) is 3.15. The highest BCUT2D eigenvalue weighted by atomic mass is 16.5. The number of aryl methyl sites for hydroxylation is 1. The first-order chi connectivity index (χ1) is 18.9. The van der Waals surface area contributed by atoms with Crippen molar-refractivity contribution in [3.63, 3.8) is 0 Å². The number of aliphatic carboxylic acids is 1. The van der Waals surface area contributed by atoms with Crippen molar-refractivity contribution in [2.24, 2.45) is 7.05 Å². The summed E-state index contributed by atoms with van der Waals surface area (Å²) in [4.78, 5) is 24.7. The molecular weight excluding hydrogens is 500 g/mol. The predicted molar refractivity (Wildman–Crippen MR) is 160 cm³/mol. The number of carboxylic acids is 1. The maximum atomic E-state index is 13.3. The summed E-state index contributed by atoms with van der Waals surface area (Å²) < 4.78 is 7.83. The van der Waals surface area contributed by atoms with E-state index < -0.39 is 12.1 Å². The molecule has 0 aliphatic carbocycles. The number of carbonyl (C=O) groups excluding carboxylic acids is 1. The lowest BCUT2D eigenvalue weighted by Crippen LogP contribution is -2.27. The number of nitrogens with zero attached hydrogens (tertiary/aromatic N) is 1. The Morgan fingerprint density at radius 3 is 2.42 bits per heavy atom. The van der Waals surface area contributed by atoms with Gasteiger partial charge in [-0.05, 0) is 78.6 Å². The summed E-state index contributed by atoms with van der Waals surface area (Å²) in [6.07, 6.45) is 0.181. The topological polar surface area (TPSA) is 80.6 Å². The molecule has 210 valence electrons. The van der Waals surface area contributed by atoms with Gasteiger partial charge in [-0.15, -0.1) is 0 Å². The average molecular weight is 541 g/mol. The molecule has 1 unspecified atom stereocenters. The number of aromatic nitrogens is 1. The molecule has 0 saturated heterocycles. The zero-order chi connectivity index (χ0) is 29.2. The Labute approximate surface area is 237 Å². The Hall–Kier alpha value is -4.06. The molecule has 0 bridgehead atoms. The molecule has 1 heterocycles. The summed E-state index contributed by atoms with van der Waals surface area (Å²) >= 11 is 0. The van der Waals surface area contributed by atoms with Gasteiger partial charge in [-0.3, -0.25) is 4.79 Å². The van der Waals surface area contributed by atoms with Gasteiger partial charge in [-0.1, -0.05) is 70.2 Å². The van der Waals surface area contributed by atoms with Crippen LogP contribution >= 0.6 is 0 Å². The van der Waals surface area contributed by atoms with E-state index in [1.54, 1.807) is 13.0 Å². The number of ether oxygens (including phenoxy) is 1. The summed E-state index contributed by atoms with van der Waals surface area (Å²) in [5.41, 5.74) is 7.28. The van der Waals surface area contributed by atoms with Gasteiger partial charge in [-0.2, -0.15) is 0 Å². The minimum Gasteiger partial charge on any atom is -0.479 e. The zero-order valence-corrected chi connectivity index (χ0v) is 24.5. The van der Waals surface area contributed by atoms with E-state index in [9.17, 15) is 14.7 Å². The number of nitrogens with one attached hydrogen (secondary N) is 1. The highest BCUT2D eigenvalue weighted by molar-refractivity contribution is 5.99.